The van der Waals surface area contributed by atoms with Crippen molar-refractivity contribution in [3.63, 3.8) is 0 Å². The summed E-state index contributed by atoms with van der Waals surface area (Å²) in [4.78, 5) is 41.3. The van der Waals surface area contributed by atoms with Gasteiger partial charge < -0.3 is 9.26 Å². The van der Waals surface area contributed by atoms with Crippen LogP contribution in [0.15, 0.2) is 47.0 Å². The monoisotopic (exact) mass is 397 g/mol. The van der Waals surface area contributed by atoms with Crippen LogP contribution in [0.1, 0.15) is 37.0 Å². The molecule has 28 heavy (non-hydrogen) atoms. The first-order chi connectivity index (χ1) is 13.4. The standard InChI is InChI=1S/C19H12ClN3O5/c1-23-17(24)13-7-4-11(8-14(13)18(23)25)19(26)27-9-15-21-16(22-28-15)10-2-5-12(20)6-3-10/h2-8H,9H2,1H3. The van der Waals surface area contributed by atoms with E-state index in [0.29, 0.717) is 16.4 Å². The molecule has 0 radical (unpaired) electrons. The molecule has 0 unspecified atom stereocenters. The van der Waals surface area contributed by atoms with E-state index in [1.165, 1.54) is 25.2 Å². The summed E-state index contributed by atoms with van der Waals surface area (Å²) in [5.74, 6) is -1.08. The minimum atomic E-state index is -0.677. The minimum absolute atomic E-state index is 0.116. The summed E-state index contributed by atoms with van der Waals surface area (Å²) in [6, 6.07) is 11.1. The number of amides is 2. The van der Waals surface area contributed by atoms with Crippen LogP contribution in [0.5, 0.6) is 0 Å². The average Bonchev–Trinajstić information content (AvgIpc) is 3.26. The number of carbonyl (C=O) groups excluding carboxylic acids is 3. The third-order valence-corrected chi connectivity index (χ3v) is 4.47. The van der Waals surface area contributed by atoms with Crippen molar-refractivity contribution in [1.82, 2.24) is 15.0 Å². The molecule has 0 saturated carbocycles. The molecule has 3 aromatic rings. The van der Waals surface area contributed by atoms with E-state index in [9.17, 15) is 14.4 Å². The van der Waals surface area contributed by atoms with Gasteiger partial charge in [-0.05, 0) is 42.5 Å². The maximum atomic E-state index is 12.3. The van der Waals surface area contributed by atoms with E-state index in [1.807, 2.05) is 0 Å². The Hall–Kier alpha value is -3.52. The highest BCUT2D eigenvalue weighted by Gasteiger charge is 2.33. The lowest BCUT2D eigenvalue weighted by molar-refractivity contribution is 0.0429. The van der Waals surface area contributed by atoms with Gasteiger partial charge in [0.05, 0.1) is 16.7 Å². The van der Waals surface area contributed by atoms with Gasteiger partial charge in [-0.3, -0.25) is 14.5 Å². The fraction of sp³-hybridized carbons (Fsp3) is 0.105. The van der Waals surface area contributed by atoms with Crippen LogP contribution in [0.4, 0.5) is 0 Å². The summed E-state index contributed by atoms with van der Waals surface area (Å²) in [7, 11) is 1.39. The van der Waals surface area contributed by atoms with Crippen molar-refractivity contribution in [3.05, 3.63) is 70.1 Å². The van der Waals surface area contributed by atoms with Gasteiger partial charge in [0.1, 0.15) is 0 Å². The number of hydrogen-bond donors (Lipinski definition) is 0. The third-order valence-electron chi connectivity index (χ3n) is 4.22. The molecule has 0 fully saturated rings. The summed E-state index contributed by atoms with van der Waals surface area (Å²) in [6.07, 6.45) is 0. The van der Waals surface area contributed by atoms with Gasteiger partial charge in [-0.1, -0.05) is 16.8 Å². The molecule has 0 bridgehead atoms. The van der Waals surface area contributed by atoms with Gasteiger partial charge in [0.25, 0.3) is 17.7 Å². The van der Waals surface area contributed by atoms with Crippen molar-refractivity contribution in [2.45, 2.75) is 6.61 Å². The highest BCUT2D eigenvalue weighted by Crippen LogP contribution is 2.23. The van der Waals surface area contributed by atoms with Crippen molar-refractivity contribution in [3.8, 4) is 11.4 Å². The average molecular weight is 398 g/mol. The van der Waals surface area contributed by atoms with Crippen LogP contribution in [-0.2, 0) is 11.3 Å². The molecule has 0 aliphatic carbocycles. The Morgan fingerprint density at radius 3 is 2.57 bits per heavy atom. The zero-order valence-electron chi connectivity index (χ0n) is 14.5. The summed E-state index contributed by atoms with van der Waals surface area (Å²) in [5.41, 5.74) is 1.28. The number of esters is 1. The molecule has 8 nitrogen and oxygen atoms in total. The van der Waals surface area contributed by atoms with E-state index in [2.05, 4.69) is 10.1 Å². The molecular formula is C19H12ClN3O5. The second-order valence-electron chi connectivity index (χ2n) is 6.02. The van der Waals surface area contributed by atoms with Crippen LogP contribution in [-0.4, -0.2) is 39.9 Å². The van der Waals surface area contributed by atoms with Crippen molar-refractivity contribution in [2.24, 2.45) is 0 Å². The SMILES string of the molecule is CN1C(=O)c2ccc(C(=O)OCc3nc(-c4ccc(Cl)cc4)no3)cc2C1=O. The van der Waals surface area contributed by atoms with E-state index >= 15 is 0 Å². The number of carbonyl (C=O) groups is 3. The number of fused-ring (bicyclic) bond motifs is 1. The number of imide groups is 1. The topological polar surface area (TPSA) is 103 Å². The summed E-state index contributed by atoms with van der Waals surface area (Å²) in [5, 5.41) is 4.42. The molecule has 140 valence electrons. The zero-order chi connectivity index (χ0) is 19.8. The van der Waals surface area contributed by atoms with Gasteiger partial charge in [-0.25, -0.2) is 4.79 Å². The minimum Gasteiger partial charge on any atom is -0.452 e. The van der Waals surface area contributed by atoms with Gasteiger partial charge in [0, 0.05) is 17.6 Å². The van der Waals surface area contributed by atoms with E-state index in [4.69, 9.17) is 20.9 Å². The van der Waals surface area contributed by atoms with Gasteiger partial charge in [0.15, 0.2) is 6.61 Å². The predicted octanol–water partition coefficient (Wildman–Crippen LogP) is 2.97. The van der Waals surface area contributed by atoms with Crippen LogP contribution in [0.3, 0.4) is 0 Å². The first kappa shape index (κ1) is 17.9. The molecule has 2 amide bonds. The fourth-order valence-electron chi connectivity index (χ4n) is 2.73. The van der Waals surface area contributed by atoms with Crippen LogP contribution < -0.4 is 0 Å². The smallest absolute Gasteiger partial charge is 0.338 e. The van der Waals surface area contributed by atoms with Crippen LogP contribution in [0, 0.1) is 0 Å². The van der Waals surface area contributed by atoms with Crippen LogP contribution in [0.2, 0.25) is 5.02 Å². The molecule has 1 aliphatic rings. The van der Waals surface area contributed by atoms with Crippen molar-refractivity contribution in [2.75, 3.05) is 7.05 Å². The zero-order valence-corrected chi connectivity index (χ0v) is 15.3. The Morgan fingerprint density at radius 1 is 1.11 bits per heavy atom. The molecule has 2 heterocycles. The normalized spacial score (nSPS) is 13.0. The number of halogens is 1. The lowest BCUT2D eigenvalue weighted by atomic mass is 10.1. The lowest BCUT2D eigenvalue weighted by Gasteiger charge is -2.03. The molecular weight excluding hydrogens is 386 g/mol. The number of hydrogen-bond acceptors (Lipinski definition) is 7. The molecule has 0 N–H and O–H groups in total. The highest BCUT2D eigenvalue weighted by molar-refractivity contribution is 6.30. The Bertz CT molecular complexity index is 1110. The summed E-state index contributed by atoms with van der Waals surface area (Å²) < 4.78 is 10.2. The molecule has 1 aliphatic heterocycles. The van der Waals surface area contributed by atoms with E-state index < -0.39 is 17.8 Å². The summed E-state index contributed by atoms with van der Waals surface area (Å²) in [6.45, 7) is -0.233. The van der Waals surface area contributed by atoms with E-state index in [1.54, 1.807) is 24.3 Å². The van der Waals surface area contributed by atoms with Crippen LogP contribution in [0.25, 0.3) is 11.4 Å². The quantitative estimate of drug-likeness (QED) is 0.492. The maximum Gasteiger partial charge on any atom is 0.338 e. The molecule has 4 rings (SSSR count). The van der Waals surface area contributed by atoms with Crippen LogP contribution >= 0.6 is 11.6 Å². The number of benzene rings is 2. The number of ether oxygens (including phenoxy) is 1. The van der Waals surface area contributed by atoms with Crippen molar-refractivity contribution >= 4 is 29.4 Å². The highest BCUT2D eigenvalue weighted by atomic mass is 35.5. The van der Waals surface area contributed by atoms with Crippen molar-refractivity contribution in [1.29, 1.82) is 0 Å². The third kappa shape index (κ3) is 3.14. The van der Waals surface area contributed by atoms with Crippen molar-refractivity contribution < 1.29 is 23.6 Å². The Labute approximate surface area is 163 Å². The van der Waals surface area contributed by atoms with E-state index in [-0.39, 0.29) is 29.2 Å². The molecule has 0 atom stereocenters. The predicted molar refractivity (Wildman–Crippen MR) is 96.7 cm³/mol. The number of aromatic nitrogens is 2. The number of nitrogens with zero attached hydrogens (tertiary/aromatic N) is 3. The van der Waals surface area contributed by atoms with Gasteiger partial charge >= 0.3 is 5.97 Å². The summed E-state index contributed by atoms with van der Waals surface area (Å²) >= 11 is 5.84. The first-order valence-electron chi connectivity index (χ1n) is 8.16. The molecule has 0 saturated heterocycles. The molecule has 2 aromatic carbocycles. The molecule has 1 aromatic heterocycles. The van der Waals surface area contributed by atoms with Gasteiger partial charge in [-0.2, -0.15) is 4.98 Å². The molecule has 0 spiro atoms. The Kier molecular flexibility index (Phi) is 4.40. The van der Waals surface area contributed by atoms with E-state index in [0.717, 1.165) is 4.90 Å². The Balaban J connectivity index is 1.45. The maximum absolute atomic E-state index is 12.3. The van der Waals surface area contributed by atoms with Gasteiger partial charge in [0.2, 0.25) is 5.82 Å². The number of rotatable bonds is 4. The Morgan fingerprint density at radius 2 is 1.82 bits per heavy atom. The first-order valence-corrected chi connectivity index (χ1v) is 8.54. The lowest BCUT2D eigenvalue weighted by Crippen LogP contribution is -2.24. The second-order valence-corrected chi connectivity index (χ2v) is 6.46. The molecule has 9 heteroatoms. The largest absolute Gasteiger partial charge is 0.452 e. The second kappa shape index (κ2) is 6.90. The fourth-order valence-corrected chi connectivity index (χ4v) is 2.85. The van der Waals surface area contributed by atoms with Gasteiger partial charge in [-0.15, -0.1) is 0 Å².